The first-order valence-corrected chi connectivity index (χ1v) is 6.72. The quantitative estimate of drug-likeness (QED) is 0.636. The molecule has 5 atom stereocenters. The molecule has 94 valence electrons. The van der Waals surface area contributed by atoms with Crippen LogP contribution in [0.2, 0.25) is 0 Å². The summed E-state index contributed by atoms with van der Waals surface area (Å²) in [4.78, 5) is 6.64. The molecule has 0 radical (unpaired) electrons. The van der Waals surface area contributed by atoms with Crippen LogP contribution in [0.4, 0.5) is 0 Å². The van der Waals surface area contributed by atoms with E-state index in [2.05, 4.69) is 16.5 Å². The maximum absolute atomic E-state index is 10.0. The zero-order valence-corrected chi connectivity index (χ0v) is 10.2. The van der Waals surface area contributed by atoms with Gasteiger partial charge in [0.05, 0.1) is 0 Å². The zero-order valence-electron chi connectivity index (χ0n) is 9.40. The van der Waals surface area contributed by atoms with Gasteiger partial charge in [0.25, 0.3) is 0 Å². The third kappa shape index (κ3) is 1.79. The number of hydrogen-bond donors (Lipinski definition) is 2. The normalized spacial score (nSPS) is 44.9. The summed E-state index contributed by atoms with van der Waals surface area (Å²) in [6.45, 7) is 5.66. The summed E-state index contributed by atoms with van der Waals surface area (Å²) in [5, 5.41) is 20.8. The minimum absolute atomic E-state index is 0.202. The molecule has 3 aliphatic heterocycles. The van der Waals surface area contributed by atoms with Crippen LogP contribution in [0, 0.1) is 0 Å². The molecule has 2 fully saturated rings. The third-order valence-corrected chi connectivity index (χ3v) is 4.64. The number of thioether (sulfide) groups is 1. The Morgan fingerprint density at radius 2 is 2.18 bits per heavy atom. The van der Waals surface area contributed by atoms with Crippen LogP contribution in [0.5, 0.6) is 0 Å². The van der Waals surface area contributed by atoms with Crippen molar-refractivity contribution in [2.45, 2.75) is 36.2 Å². The third-order valence-electron chi connectivity index (χ3n) is 3.45. The lowest BCUT2D eigenvalue weighted by Crippen LogP contribution is -2.53. The number of aliphatic hydroxyl groups excluding tert-OH is 2. The standard InChI is InChI=1S/C11H16N2O3S/c1-2-6-8(14)9(15)7-10(16-6)17-11(12-7)13-4-3-5-13/h2,6-10,14-15H,1,3-5H2. The molecule has 0 aromatic carbocycles. The van der Waals surface area contributed by atoms with Crippen molar-refractivity contribution in [2.75, 3.05) is 13.1 Å². The van der Waals surface area contributed by atoms with E-state index >= 15 is 0 Å². The van der Waals surface area contributed by atoms with Crippen LogP contribution in [-0.4, -0.2) is 63.2 Å². The van der Waals surface area contributed by atoms with E-state index in [0.29, 0.717) is 0 Å². The minimum Gasteiger partial charge on any atom is -0.388 e. The molecule has 5 nitrogen and oxygen atoms in total. The summed E-state index contributed by atoms with van der Waals surface area (Å²) in [6, 6.07) is -0.359. The van der Waals surface area contributed by atoms with Gasteiger partial charge in [-0.2, -0.15) is 0 Å². The number of aliphatic imine (C=N–C) groups is 1. The second kappa shape index (κ2) is 4.28. The van der Waals surface area contributed by atoms with E-state index in [9.17, 15) is 10.2 Å². The first-order chi connectivity index (χ1) is 8.20. The molecule has 0 aromatic rings. The number of nitrogens with zero attached hydrogens (tertiary/aromatic N) is 2. The van der Waals surface area contributed by atoms with Gasteiger partial charge in [-0.1, -0.05) is 17.8 Å². The summed E-state index contributed by atoms with van der Waals surface area (Å²) < 4.78 is 5.68. The Labute approximate surface area is 104 Å². The Morgan fingerprint density at radius 1 is 1.41 bits per heavy atom. The minimum atomic E-state index is -0.936. The molecule has 0 saturated carbocycles. The predicted molar refractivity (Wildman–Crippen MR) is 65.9 cm³/mol. The van der Waals surface area contributed by atoms with E-state index in [4.69, 9.17) is 4.74 Å². The molecule has 17 heavy (non-hydrogen) atoms. The highest BCUT2D eigenvalue weighted by Gasteiger charge is 2.48. The van der Waals surface area contributed by atoms with Crippen LogP contribution < -0.4 is 0 Å². The molecule has 2 saturated heterocycles. The number of fused-ring (bicyclic) bond motifs is 1. The fourth-order valence-corrected chi connectivity index (χ4v) is 3.50. The average molecular weight is 256 g/mol. The first-order valence-electron chi connectivity index (χ1n) is 5.84. The molecule has 0 aromatic heterocycles. The van der Waals surface area contributed by atoms with Crippen LogP contribution in [0.25, 0.3) is 0 Å². The highest BCUT2D eigenvalue weighted by atomic mass is 32.2. The number of hydrogen-bond acceptors (Lipinski definition) is 6. The predicted octanol–water partition coefficient (Wildman–Crippen LogP) is -0.204. The van der Waals surface area contributed by atoms with Crippen molar-refractivity contribution in [1.82, 2.24) is 4.90 Å². The second-order valence-corrected chi connectivity index (χ2v) is 5.61. The van der Waals surface area contributed by atoms with Gasteiger partial charge in [-0.25, -0.2) is 0 Å². The highest BCUT2D eigenvalue weighted by Crippen LogP contribution is 2.38. The fraction of sp³-hybridized carbons (Fsp3) is 0.727. The molecular formula is C11H16N2O3S. The Hall–Kier alpha value is -0.560. The van der Waals surface area contributed by atoms with Gasteiger partial charge in [0, 0.05) is 13.1 Å². The van der Waals surface area contributed by atoms with Crippen LogP contribution in [0.3, 0.4) is 0 Å². The molecule has 0 bridgehead atoms. The van der Waals surface area contributed by atoms with Crippen molar-refractivity contribution in [1.29, 1.82) is 0 Å². The summed E-state index contributed by atoms with van der Waals surface area (Å²) in [5.74, 6) is 0. The second-order valence-electron chi connectivity index (χ2n) is 4.55. The number of amidine groups is 1. The van der Waals surface area contributed by atoms with Gasteiger partial charge in [0.2, 0.25) is 0 Å². The van der Waals surface area contributed by atoms with E-state index in [-0.39, 0.29) is 11.5 Å². The van der Waals surface area contributed by atoms with Crippen molar-refractivity contribution in [3.8, 4) is 0 Å². The number of rotatable bonds is 1. The van der Waals surface area contributed by atoms with Gasteiger partial charge < -0.3 is 19.8 Å². The molecule has 0 spiro atoms. The lowest BCUT2D eigenvalue weighted by Gasteiger charge is -2.36. The van der Waals surface area contributed by atoms with Crippen molar-refractivity contribution >= 4 is 16.9 Å². The average Bonchev–Trinajstić information content (AvgIpc) is 2.64. The highest BCUT2D eigenvalue weighted by molar-refractivity contribution is 8.14. The summed E-state index contributed by atoms with van der Waals surface area (Å²) in [5.41, 5.74) is -0.202. The summed E-state index contributed by atoms with van der Waals surface area (Å²) >= 11 is 1.54. The van der Waals surface area contributed by atoms with Crippen LogP contribution >= 0.6 is 11.8 Å². The monoisotopic (exact) mass is 256 g/mol. The van der Waals surface area contributed by atoms with Crippen molar-refractivity contribution in [3.63, 3.8) is 0 Å². The van der Waals surface area contributed by atoms with E-state index < -0.39 is 18.3 Å². The Morgan fingerprint density at radius 3 is 2.76 bits per heavy atom. The van der Waals surface area contributed by atoms with E-state index in [1.807, 2.05) is 0 Å². The van der Waals surface area contributed by atoms with Gasteiger partial charge in [-0.15, -0.1) is 6.58 Å². The van der Waals surface area contributed by atoms with Gasteiger partial charge in [0.15, 0.2) is 5.17 Å². The van der Waals surface area contributed by atoms with Crippen molar-refractivity contribution < 1.29 is 14.9 Å². The Bertz CT molecular complexity index is 359. The zero-order chi connectivity index (χ0) is 12.0. The SMILES string of the molecule is C=CC1OC2SC(N3CCC3)=NC2C(O)C1O. The molecular weight excluding hydrogens is 240 g/mol. The molecule has 2 N–H and O–H groups in total. The van der Waals surface area contributed by atoms with Crippen molar-refractivity contribution in [2.24, 2.45) is 4.99 Å². The topological polar surface area (TPSA) is 65.3 Å². The maximum atomic E-state index is 10.0. The van der Waals surface area contributed by atoms with E-state index in [1.54, 1.807) is 0 Å². The fourth-order valence-electron chi connectivity index (χ4n) is 2.23. The lowest BCUT2D eigenvalue weighted by atomic mass is 9.98. The molecule has 0 aliphatic carbocycles. The van der Waals surface area contributed by atoms with Gasteiger partial charge in [0.1, 0.15) is 29.8 Å². The van der Waals surface area contributed by atoms with Crippen LogP contribution in [-0.2, 0) is 4.74 Å². The Balaban J connectivity index is 1.76. The molecule has 0 amide bonds. The summed E-state index contributed by atoms with van der Waals surface area (Å²) in [7, 11) is 0. The molecule has 3 heterocycles. The maximum Gasteiger partial charge on any atom is 0.162 e. The van der Waals surface area contributed by atoms with Crippen LogP contribution in [0.15, 0.2) is 17.6 Å². The molecule has 3 rings (SSSR count). The number of likely N-dealkylation sites (tertiary alicyclic amines) is 1. The smallest absolute Gasteiger partial charge is 0.162 e. The molecule has 3 aliphatic rings. The van der Waals surface area contributed by atoms with Gasteiger partial charge in [-0.05, 0) is 6.42 Å². The summed E-state index contributed by atoms with van der Waals surface area (Å²) in [6.07, 6.45) is 0.407. The number of aliphatic hydroxyl groups is 2. The first kappa shape index (κ1) is 11.5. The lowest BCUT2D eigenvalue weighted by molar-refractivity contribution is -0.135. The van der Waals surface area contributed by atoms with Gasteiger partial charge >= 0.3 is 0 Å². The molecule has 6 heteroatoms. The van der Waals surface area contributed by atoms with E-state index in [0.717, 1.165) is 18.3 Å². The van der Waals surface area contributed by atoms with E-state index in [1.165, 1.54) is 24.3 Å². The largest absolute Gasteiger partial charge is 0.388 e. The Kier molecular flexibility index (Phi) is 2.90. The van der Waals surface area contributed by atoms with Gasteiger partial charge in [-0.3, -0.25) is 4.99 Å². The van der Waals surface area contributed by atoms with Crippen LogP contribution in [0.1, 0.15) is 6.42 Å². The van der Waals surface area contributed by atoms with Crippen molar-refractivity contribution in [3.05, 3.63) is 12.7 Å². The molecule has 5 unspecified atom stereocenters. The number of ether oxygens (including phenoxy) is 1.